The summed E-state index contributed by atoms with van der Waals surface area (Å²) in [6, 6.07) is 7.22. The van der Waals surface area contributed by atoms with Gasteiger partial charge < -0.3 is 10.2 Å². The highest BCUT2D eigenvalue weighted by Gasteiger charge is 2.18. The van der Waals surface area contributed by atoms with Gasteiger partial charge in [0.15, 0.2) is 0 Å². The van der Waals surface area contributed by atoms with Crippen LogP contribution in [0.15, 0.2) is 18.2 Å². The minimum absolute atomic E-state index is 0.793. The Bertz CT molecular complexity index is 394. The lowest BCUT2D eigenvalue weighted by Crippen LogP contribution is -2.28. The fraction of sp³-hybridized carbons (Fsp3) is 0.600. The molecule has 17 heavy (non-hydrogen) atoms. The van der Waals surface area contributed by atoms with Crippen LogP contribution in [-0.2, 0) is 13.0 Å². The van der Waals surface area contributed by atoms with Crippen molar-refractivity contribution in [2.24, 2.45) is 0 Å². The Morgan fingerprint density at radius 1 is 1.18 bits per heavy atom. The number of rotatable bonds is 1. The number of fused-ring (bicyclic) bond motifs is 1. The van der Waals surface area contributed by atoms with Gasteiger partial charge in [0.05, 0.1) is 0 Å². The molecule has 2 heterocycles. The second kappa shape index (κ2) is 4.79. The maximum atomic E-state index is 3.45. The van der Waals surface area contributed by atoms with Crippen molar-refractivity contribution in [3.63, 3.8) is 0 Å². The molecule has 3 rings (SSSR count). The van der Waals surface area contributed by atoms with Crippen LogP contribution >= 0.6 is 0 Å². The first-order chi connectivity index (χ1) is 8.33. The van der Waals surface area contributed by atoms with Crippen molar-refractivity contribution in [2.75, 3.05) is 26.7 Å². The number of hydrogen-bond acceptors (Lipinski definition) is 2. The van der Waals surface area contributed by atoms with Gasteiger partial charge in [0.1, 0.15) is 0 Å². The topological polar surface area (TPSA) is 15.3 Å². The molecule has 2 aliphatic heterocycles. The van der Waals surface area contributed by atoms with Crippen LogP contribution in [0.5, 0.6) is 0 Å². The second-order valence-corrected chi connectivity index (χ2v) is 5.54. The Morgan fingerprint density at radius 2 is 2.00 bits per heavy atom. The fourth-order valence-electron chi connectivity index (χ4n) is 3.12. The molecule has 1 saturated heterocycles. The predicted molar refractivity (Wildman–Crippen MR) is 71.3 cm³/mol. The van der Waals surface area contributed by atoms with Crippen LogP contribution in [-0.4, -0.2) is 31.6 Å². The van der Waals surface area contributed by atoms with Gasteiger partial charge in [-0.25, -0.2) is 0 Å². The van der Waals surface area contributed by atoms with E-state index in [9.17, 15) is 0 Å². The van der Waals surface area contributed by atoms with Gasteiger partial charge in [0, 0.05) is 13.1 Å². The molecule has 0 bridgehead atoms. The van der Waals surface area contributed by atoms with E-state index in [0.29, 0.717) is 0 Å². The van der Waals surface area contributed by atoms with E-state index in [1.54, 1.807) is 11.1 Å². The van der Waals surface area contributed by atoms with Crippen molar-refractivity contribution >= 4 is 0 Å². The van der Waals surface area contributed by atoms with Gasteiger partial charge in [-0.05, 0) is 62.0 Å². The summed E-state index contributed by atoms with van der Waals surface area (Å²) in [4.78, 5) is 2.41. The van der Waals surface area contributed by atoms with Crippen LogP contribution in [0.4, 0.5) is 0 Å². The molecule has 1 aromatic carbocycles. The van der Waals surface area contributed by atoms with Crippen molar-refractivity contribution < 1.29 is 0 Å². The summed E-state index contributed by atoms with van der Waals surface area (Å²) >= 11 is 0. The highest BCUT2D eigenvalue weighted by molar-refractivity contribution is 5.35. The van der Waals surface area contributed by atoms with Gasteiger partial charge in [-0.3, -0.25) is 0 Å². The van der Waals surface area contributed by atoms with Crippen molar-refractivity contribution in [3.05, 3.63) is 34.9 Å². The molecule has 92 valence electrons. The standard InChI is InChI=1S/C15H22N2/c1-17-9-6-14-10-13(2-3-15(14)11-17)12-4-7-16-8-5-12/h2-3,10,12,16H,4-9,11H2,1H3. The predicted octanol–water partition coefficient (Wildman–Crippen LogP) is 2.14. The minimum atomic E-state index is 0.793. The largest absolute Gasteiger partial charge is 0.317 e. The first-order valence-corrected chi connectivity index (χ1v) is 6.84. The molecule has 1 aromatic rings. The van der Waals surface area contributed by atoms with Crippen molar-refractivity contribution in [2.45, 2.75) is 31.7 Å². The van der Waals surface area contributed by atoms with E-state index in [1.165, 1.54) is 44.5 Å². The average Bonchev–Trinajstić information content (AvgIpc) is 2.39. The molecule has 0 aliphatic carbocycles. The maximum Gasteiger partial charge on any atom is 0.0233 e. The van der Waals surface area contributed by atoms with E-state index >= 15 is 0 Å². The Balaban J connectivity index is 1.82. The molecule has 2 nitrogen and oxygen atoms in total. The lowest BCUT2D eigenvalue weighted by molar-refractivity contribution is 0.312. The summed E-state index contributed by atoms with van der Waals surface area (Å²) < 4.78 is 0. The molecule has 0 amide bonds. The molecule has 0 atom stereocenters. The number of piperidine rings is 1. The van der Waals surface area contributed by atoms with E-state index < -0.39 is 0 Å². The van der Waals surface area contributed by atoms with Crippen LogP contribution in [0, 0.1) is 0 Å². The normalized spacial score (nSPS) is 22.4. The van der Waals surface area contributed by atoms with E-state index in [0.717, 1.165) is 12.5 Å². The van der Waals surface area contributed by atoms with Crippen LogP contribution in [0.3, 0.4) is 0 Å². The third kappa shape index (κ3) is 2.38. The molecule has 1 N–H and O–H groups in total. The van der Waals surface area contributed by atoms with Crippen LogP contribution in [0.25, 0.3) is 0 Å². The van der Waals surface area contributed by atoms with E-state index in [1.807, 2.05) is 0 Å². The van der Waals surface area contributed by atoms with Crippen molar-refractivity contribution in [3.8, 4) is 0 Å². The SMILES string of the molecule is CN1CCc2cc(C3CCNCC3)ccc2C1. The quantitative estimate of drug-likeness (QED) is 0.795. The third-order valence-corrected chi connectivity index (χ3v) is 4.24. The lowest BCUT2D eigenvalue weighted by atomic mass is 9.87. The smallest absolute Gasteiger partial charge is 0.0233 e. The fourth-order valence-corrected chi connectivity index (χ4v) is 3.12. The summed E-state index contributed by atoms with van der Waals surface area (Å²) in [5.74, 6) is 0.793. The maximum absolute atomic E-state index is 3.45. The number of nitrogens with one attached hydrogen (secondary N) is 1. The first-order valence-electron chi connectivity index (χ1n) is 6.84. The van der Waals surface area contributed by atoms with Gasteiger partial charge in [-0.2, -0.15) is 0 Å². The molecular formula is C15H22N2. The summed E-state index contributed by atoms with van der Waals surface area (Å²) in [6.45, 7) is 4.71. The third-order valence-electron chi connectivity index (χ3n) is 4.24. The Kier molecular flexibility index (Phi) is 3.17. The monoisotopic (exact) mass is 230 g/mol. The zero-order valence-corrected chi connectivity index (χ0v) is 10.7. The van der Waals surface area contributed by atoms with E-state index in [2.05, 4.69) is 35.5 Å². The zero-order chi connectivity index (χ0) is 11.7. The lowest BCUT2D eigenvalue weighted by Gasteiger charge is -2.28. The molecule has 1 fully saturated rings. The number of likely N-dealkylation sites (N-methyl/N-ethyl adjacent to an activating group) is 1. The van der Waals surface area contributed by atoms with E-state index in [4.69, 9.17) is 0 Å². The first kappa shape index (κ1) is 11.2. The molecular weight excluding hydrogens is 208 g/mol. The highest BCUT2D eigenvalue weighted by atomic mass is 15.1. The van der Waals surface area contributed by atoms with Gasteiger partial charge in [0.2, 0.25) is 0 Å². The average molecular weight is 230 g/mol. The number of benzene rings is 1. The summed E-state index contributed by atoms with van der Waals surface area (Å²) in [5.41, 5.74) is 4.71. The highest BCUT2D eigenvalue weighted by Crippen LogP contribution is 2.28. The molecule has 2 heteroatoms. The van der Waals surface area contributed by atoms with Gasteiger partial charge in [0.25, 0.3) is 0 Å². The molecule has 0 aromatic heterocycles. The van der Waals surface area contributed by atoms with Gasteiger partial charge >= 0.3 is 0 Å². The van der Waals surface area contributed by atoms with Crippen molar-refractivity contribution in [1.29, 1.82) is 0 Å². The summed E-state index contributed by atoms with van der Waals surface area (Å²) in [5, 5.41) is 3.45. The Hall–Kier alpha value is -0.860. The minimum Gasteiger partial charge on any atom is -0.317 e. The van der Waals surface area contributed by atoms with Crippen LogP contribution in [0.1, 0.15) is 35.4 Å². The molecule has 0 radical (unpaired) electrons. The second-order valence-electron chi connectivity index (χ2n) is 5.54. The Labute approximate surface area is 104 Å². The number of nitrogens with zero attached hydrogens (tertiary/aromatic N) is 1. The van der Waals surface area contributed by atoms with Crippen molar-refractivity contribution in [1.82, 2.24) is 10.2 Å². The molecule has 0 spiro atoms. The number of hydrogen-bond donors (Lipinski definition) is 1. The molecule has 0 saturated carbocycles. The van der Waals surface area contributed by atoms with Crippen LogP contribution < -0.4 is 5.32 Å². The van der Waals surface area contributed by atoms with Gasteiger partial charge in [-0.1, -0.05) is 18.2 Å². The van der Waals surface area contributed by atoms with E-state index in [-0.39, 0.29) is 0 Å². The summed E-state index contributed by atoms with van der Waals surface area (Å²) in [7, 11) is 2.21. The summed E-state index contributed by atoms with van der Waals surface area (Å²) in [6.07, 6.45) is 3.84. The zero-order valence-electron chi connectivity index (χ0n) is 10.7. The Morgan fingerprint density at radius 3 is 2.82 bits per heavy atom. The molecule has 2 aliphatic rings. The molecule has 0 unspecified atom stereocenters. The van der Waals surface area contributed by atoms with Gasteiger partial charge in [-0.15, -0.1) is 0 Å². The van der Waals surface area contributed by atoms with Crippen LogP contribution in [0.2, 0.25) is 0 Å².